The highest BCUT2D eigenvalue weighted by Crippen LogP contribution is 2.35. The van der Waals surface area contributed by atoms with E-state index in [1.807, 2.05) is 36.4 Å². The third-order valence-electron chi connectivity index (χ3n) is 4.16. The molecule has 7 heteroatoms. The molecule has 1 unspecified atom stereocenters. The number of thiophene rings is 1. The normalized spacial score (nSPS) is 12.0. The topological polar surface area (TPSA) is 80.9 Å². The molecule has 2 aromatic carbocycles. The Balaban J connectivity index is 1.73. The summed E-state index contributed by atoms with van der Waals surface area (Å²) >= 11 is 1.54. The lowest BCUT2D eigenvalue weighted by molar-refractivity contribution is -0.118. The molecule has 0 aliphatic carbocycles. The van der Waals surface area contributed by atoms with Crippen molar-refractivity contribution in [2.75, 3.05) is 5.32 Å². The number of hydrogen-bond acceptors (Lipinski definition) is 5. The fourth-order valence-corrected chi connectivity index (χ4v) is 3.83. The number of carbonyl (C=O) groups is 1. The minimum atomic E-state index is -0.830. The van der Waals surface area contributed by atoms with Crippen molar-refractivity contribution in [1.29, 1.82) is 0 Å². The second-order valence-electron chi connectivity index (χ2n) is 5.95. The zero-order chi connectivity index (χ0) is 18.8. The number of nitrogens with two attached hydrogens (primary N) is 1. The quantitative estimate of drug-likeness (QED) is 0.547. The molecular formula is C20H15FN4OS. The number of amides is 1. The number of primary amides is 1. The molecule has 2 heterocycles. The average Bonchev–Trinajstić information content (AvgIpc) is 3.12. The van der Waals surface area contributed by atoms with Crippen LogP contribution in [0.2, 0.25) is 0 Å². The van der Waals surface area contributed by atoms with Crippen molar-refractivity contribution in [2.45, 2.75) is 6.04 Å². The standard InChI is InChI=1S/C20H15FN4OS/c21-14-8-6-13(7-9-14)17(18(22)26)25-19-15-10-16(12-4-2-1-3-5-12)27-20(15)24-11-23-19/h1-11,17H,(H2,22,26)(H,23,24,25). The van der Waals surface area contributed by atoms with Crippen LogP contribution in [0.25, 0.3) is 20.7 Å². The van der Waals surface area contributed by atoms with Gasteiger partial charge in [-0.05, 0) is 29.3 Å². The molecule has 5 nitrogen and oxygen atoms in total. The molecule has 4 aromatic rings. The number of halogens is 1. The van der Waals surface area contributed by atoms with Crippen LogP contribution in [0.3, 0.4) is 0 Å². The average molecular weight is 378 g/mol. The van der Waals surface area contributed by atoms with Gasteiger partial charge in [-0.1, -0.05) is 42.5 Å². The Labute approximate surface area is 158 Å². The number of carbonyl (C=O) groups excluding carboxylic acids is 1. The summed E-state index contributed by atoms with van der Waals surface area (Å²) in [5.41, 5.74) is 7.20. The Morgan fingerprint density at radius 1 is 1.07 bits per heavy atom. The number of benzene rings is 2. The second kappa shape index (κ2) is 7.13. The van der Waals surface area contributed by atoms with E-state index >= 15 is 0 Å². The number of nitrogens with zero attached hydrogens (tertiary/aromatic N) is 2. The SMILES string of the molecule is NC(=O)C(Nc1ncnc2sc(-c3ccccc3)cc12)c1ccc(F)cc1. The summed E-state index contributed by atoms with van der Waals surface area (Å²) in [6.45, 7) is 0. The third kappa shape index (κ3) is 3.50. The Morgan fingerprint density at radius 3 is 2.52 bits per heavy atom. The highest BCUT2D eigenvalue weighted by Gasteiger charge is 2.20. The molecule has 3 N–H and O–H groups in total. The van der Waals surface area contributed by atoms with Crippen LogP contribution < -0.4 is 11.1 Å². The van der Waals surface area contributed by atoms with Gasteiger partial charge in [-0.15, -0.1) is 11.3 Å². The van der Waals surface area contributed by atoms with Gasteiger partial charge in [-0.2, -0.15) is 0 Å². The number of fused-ring (bicyclic) bond motifs is 1. The van der Waals surface area contributed by atoms with Crippen LogP contribution in [0.5, 0.6) is 0 Å². The molecule has 0 aliphatic rings. The van der Waals surface area contributed by atoms with Crippen molar-refractivity contribution in [2.24, 2.45) is 5.73 Å². The molecule has 27 heavy (non-hydrogen) atoms. The fraction of sp³-hybridized carbons (Fsp3) is 0.0500. The van der Waals surface area contributed by atoms with Crippen LogP contribution in [0.15, 0.2) is 67.0 Å². The maximum atomic E-state index is 13.2. The molecule has 1 amide bonds. The minimum Gasteiger partial charge on any atom is -0.368 e. The van der Waals surface area contributed by atoms with E-state index in [1.54, 1.807) is 11.3 Å². The molecule has 0 aliphatic heterocycles. The molecule has 0 radical (unpaired) electrons. The smallest absolute Gasteiger partial charge is 0.244 e. The summed E-state index contributed by atoms with van der Waals surface area (Å²) in [7, 11) is 0. The van der Waals surface area contributed by atoms with Gasteiger partial charge >= 0.3 is 0 Å². The van der Waals surface area contributed by atoms with Crippen molar-refractivity contribution in [3.05, 3.63) is 78.4 Å². The van der Waals surface area contributed by atoms with Crippen molar-refractivity contribution in [3.63, 3.8) is 0 Å². The summed E-state index contributed by atoms with van der Waals surface area (Å²) in [6.07, 6.45) is 1.44. The third-order valence-corrected chi connectivity index (χ3v) is 5.25. The van der Waals surface area contributed by atoms with Gasteiger partial charge in [0.15, 0.2) is 0 Å². The van der Waals surface area contributed by atoms with Crippen molar-refractivity contribution in [3.8, 4) is 10.4 Å². The van der Waals surface area contributed by atoms with E-state index in [2.05, 4.69) is 15.3 Å². The van der Waals surface area contributed by atoms with Crippen LogP contribution in [0, 0.1) is 5.82 Å². The number of rotatable bonds is 5. The van der Waals surface area contributed by atoms with E-state index in [0.29, 0.717) is 11.4 Å². The van der Waals surface area contributed by atoms with E-state index in [1.165, 1.54) is 30.6 Å². The molecule has 0 bridgehead atoms. The van der Waals surface area contributed by atoms with Gasteiger partial charge in [0.25, 0.3) is 0 Å². The van der Waals surface area contributed by atoms with E-state index in [4.69, 9.17) is 5.73 Å². The molecule has 0 saturated heterocycles. The molecule has 0 fully saturated rings. The first-order valence-electron chi connectivity index (χ1n) is 8.23. The molecule has 0 saturated carbocycles. The van der Waals surface area contributed by atoms with Crippen molar-refractivity contribution < 1.29 is 9.18 Å². The predicted octanol–water partition coefficient (Wildman–Crippen LogP) is 4.14. The maximum absolute atomic E-state index is 13.2. The van der Waals surface area contributed by atoms with Crippen LogP contribution in [-0.4, -0.2) is 15.9 Å². The lowest BCUT2D eigenvalue weighted by Crippen LogP contribution is -2.28. The first kappa shape index (κ1) is 17.1. The number of anilines is 1. The summed E-state index contributed by atoms with van der Waals surface area (Å²) in [5.74, 6) is -0.449. The highest BCUT2D eigenvalue weighted by molar-refractivity contribution is 7.21. The Hall–Kier alpha value is -3.32. The van der Waals surface area contributed by atoms with Crippen molar-refractivity contribution >= 4 is 33.3 Å². The van der Waals surface area contributed by atoms with Crippen LogP contribution in [-0.2, 0) is 4.79 Å². The monoisotopic (exact) mass is 378 g/mol. The van der Waals surface area contributed by atoms with Gasteiger partial charge < -0.3 is 11.1 Å². The van der Waals surface area contributed by atoms with Crippen molar-refractivity contribution in [1.82, 2.24) is 9.97 Å². The van der Waals surface area contributed by atoms with E-state index in [9.17, 15) is 9.18 Å². The molecule has 1 atom stereocenters. The number of nitrogens with one attached hydrogen (secondary N) is 1. The van der Waals surface area contributed by atoms with Gasteiger partial charge in [0.1, 0.15) is 28.8 Å². The molecule has 4 rings (SSSR count). The Morgan fingerprint density at radius 2 is 1.81 bits per heavy atom. The summed E-state index contributed by atoms with van der Waals surface area (Å²) in [5, 5.41) is 3.88. The van der Waals surface area contributed by atoms with Crippen LogP contribution in [0.4, 0.5) is 10.2 Å². The minimum absolute atomic E-state index is 0.378. The van der Waals surface area contributed by atoms with Crippen LogP contribution >= 0.6 is 11.3 Å². The summed E-state index contributed by atoms with van der Waals surface area (Å²) < 4.78 is 13.2. The predicted molar refractivity (Wildman–Crippen MR) is 105 cm³/mol. The lowest BCUT2D eigenvalue weighted by atomic mass is 10.1. The zero-order valence-electron chi connectivity index (χ0n) is 14.1. The van der Waals surface area contributed by atoms with Gasteiger partial charge in [0, 0.05) is 4.88 Å². The maximum Gasteiger partial charge on any atom is 0.244 e. The van der Waals surface area contributed by atoms with E-state index in [-0.39, 0.29) is 5.82 Å². The van der Waals surface area contributed by atoms with E-state index in [0.717, 1.165) is 20.7 Å². The fourth-order valence-electron chi connectivity index (χ4n) is 2.83. The van der Waals surface area contributed by atoms with Crippen LogP contribution in [0.1, 0.15) is 11.6 Å². The highest BCUT2D eigenvalue weighted by atomic mass is 32.1. The Bertz CT molecular complexity index is 1100. The molecule has 134 valence electrons. The van der Waals surface area contributed by atoms with Gasteiger partial charge in [-0.25, -0.2) is 14.4 Å². The Kier molecular flexibility index (Phi) is 4.52. The second-order valence-corrected chi connectivity index (χ2v) is 6.98. The largest absolute Gasteiger partial charge is 0.368 e. The molecule has 2 aromatic heterocycles. The first-order chi connectivity index (χ1) is 13.1. The summed E-state index contributed by atoms with van der Waals surface area (Å²) in [4.78, 5) is 22.4. The lowest BCUT2D eigenvalue weighted by Gasteiger charge is -2.16. The van der Waals surface area contributed by atoms with Gasteiger partial charge in [0.05, 0.1) is 5.39 Å². The zero-order valence-corrected chi connectivity index (χ0v) is 14.9. The van der Waals surface area contributed by atoms with E-state index < -0.39 is 11.9 Å². The molecule has 0 spiro atoms. The molecular weight excluding hydrogens is 363 g/mol. The summed E-state index contributed by atoms with van der Waals surface area (Å²) in [6, 6.07) is 16.8. The number of aromatic nitrogens is 2. The number of hydrogen-bond donors (Lipinski definition) is 2. The first-order valence-corrected chi connectivity index (χ1v) is 9.05. The van der Waals surface area contributed by atoms with Gasteiger partial charge in [-0.3, -0.25) is 4.79 Å². The van der Waals surface area contributed by atoms with Gasteiger partial charge in [0.2, 0.25) is 5.91 Å².